The van der Waals surface area contributed by atoms with Gasteiger partial charge < -0.3 is 63.8 Å². The highest BCUT2D eigenvalue weighted by molar-refractivity contribution is 7.80. The number of hydrogen-bond donors (Lipinski definition) is 15. The van der Waals surface area contributed by atoms with E-state index >= 15 is 0 Å². The third-order valence-electron chi connectivity index (χ3n) is 7.35. The van der Waals surface area contributed by atoms with Crippen molar-refractivity contribution < 1.29 is 73.2 Å². The molecule has 0 aliphatic carbocycles. The Labute approximate surface area is 329 Å². The predicted molar refractivity (Wildman–Crippen MR) is 198 cm³/mol. The first-order valence-electron chi connectivity index (χ1n) is 16.2. The SMILES string of the molecule is NC(=O)CC[C@H](NC(=O)[C@H](CS)NC(=O)CC[C@H](NC(=O)[C@H](CS)NC(=O)CC[C@H](NC(=O)[C@H](CS)NC(=O)CC[C@H](N)C(=O)O)C(=O)O)C(=O)O)C(=O)O. The van der Waals surface area contributed by atoms with E-state index in [0.29, 0.717) is 0 Å². The van der Waals surface area contributed by atoms with Crippen LogP contribution in [-0.2, 0) is 52.7 Å². The second-order valence-corrected chi connectivity index (χ2v) is 12.8. The van der Waals surface area contributed by atoms with Crippen LogP contribution in [0.25, 0.3) is 0 Å². The van der Waals surface area contributed by atoms with Crippen molar-refractivity contribution in [3.63, 3.8) is 0 Å². The third kappa shape index (κ3) is 20.4. The van der Waals surface area contributed by atoms with E-state index in [4.69, 9.17) is 16.6 Å². The Bertz CT molecular complexity index is 1440. The van der Waals surface area contributed by atoms with Crippen molar-refractivity contribution in [2.45, 2.75) is 93.7 Å². The molecule has 0 bridgehead atoms. The summed E-state index contributed by atoms with van der Waals surface area (Å²) in [6, 6.07) is -10.3. The topological polar surface area (TPSA) is 393 Å². The monoisotopic (exact) mass is 842 g/mol. The Morgan fingerprint density at radius 2 is 0.691 bits per heavy atom. The van der Waals surface area contributed by atoms with Gasteiger partial charge in [-0.1, -0.05) is 0 Å². The lowest BCUT2D eigenvalue weighted by molar-refractivity contribution is -0.143. The Balaban J connectivity index is 5.21. The number of nitrogens with one attached hydrogen (secondary N) is 6. The molecular weight excluding hydrogens is 797 g/mol. The molecule has 0 heterocycles. The average molecular weight is 843 g/mol. The predicted octanol–water partition coefficient (Wildman–Crippen LogP) is -5.04. The summed E-state index contributed by atoms with van der Waals surface area (Å²) in [5.74, 6) is -13.2. The molecule has 0 aromatic carbocycles. The lowest BCUT2D eigenvalue weighted by Crippen LogP contribution is -2.54. The number of carbonyl (C=O) groups is 11. The van der Waals surface area contributed by atoms with Gasteiger partial charge in [0.05, 0.1) is 0 Å². The van der Waals surface area contributed by atoms with Crippen molar-refractivity contribution in [2.75, 3.05) is 17.3 Å². The number of primary amides is 1. The number of carbonyl (C=O) groups excluding carboxylic acids is 7. The minimum absolute atomic E-state index is 0.241. The maximum atomic E-state index is 12.8. The Hall–Kier alpha value is -4.82. The van der Waals surface area contributed by atoms with E-state index in [-0.39, 0.29) is 42.9 Å². The third-order valence-corrected chi connectivity index (χ3v) is 8.44. The Morgan fingerprint density at radius 3 is 0.927 bits per heavy atom. The minimum Gasteiger partial charge on any atom is -0.480 e. The zero-order valence-electron chi connectivity index (χ0n) is 29.1. The van der Waals surface area contributed by atoms with Crippen LogP contribution in [0.1, 0.15) is 51.4 Å². The van der Waals surface area contributed by atoms with Crippen LogP contribution in [0, 0.1) is 0 Å². The summed E-state index contributed by atoms with van der Waals surface area (Å²) in [5.41, 5.74) is 10.3. The molecule has 0 radical (unpaired) electrons. The molecule has 0 saturated carbocycles. The maximum absolute atomic E-state index is 12.8. The molecule has 0 aliphatic heterocycles. The van der Waals surface area contributed by atoms with Crippen LogP contribution in [0.2, 0.25) is 0 Å². The van der Waals surface area contributed by atoms with E-state index in [1.165, 1.54) is 0 Å². The van der Waals surface area contributed by atoms with Gasteiger partial charge >= 0.3 is 23.9 Å². The molecule has 23 nitrogen and oxygen atoms in total. The summed E-state index contributed by atoms with van der Waals surface area (Å²) < 4.78 is 0. The minimum atomic E-state index is -1.69. The second kappa shape index (κ2) is 26.1. The summed E-state index contributed by atoms with van der Waals surface area (Å²) in [6.45, 7) is 0. The normalized spacial score (nSPS) is 14.5. The Morgan fingerprint density at radius 1 is 0.418 bits per heavy atom. The second-order valence-electron chi connectivity index (χ2n) is 11.7. The van der Waals surface area contributed by atoms with Gasteiger partial charge in [-0.05, 0) is 25.7 Å². The van der Waals surface area contributed by atoms with Crippen molar-refractivity contribution in [3.8, 4) is 0 Å². The van der Waals surface area contributed by atoms with E-state index in [1.54, 1.807) is 0 Å². The van der Waals surface area contributed by atoms with Crippen molar-refractivity contribution >= 4 is 103 Å². The molecule has 310 valence electrons. The van der Waals surface area contributed by atoms with Gasteiger partial charge in [0, 0.05) is 42.9 Å². The van der Waals surface area contributed by atoms with Crippen LogP contribution in [0.15, 0.2) is 0 Å². The van der Waals surface area contributed by atoms with Crippen LogP contribution in [-0.4, -0.2) is 145 Å². The molecule has 0 aromatic heterocycles. The maximum Gasteiger partial charge on any atom is 0.326 e. The van der Waals surface area contributed by atoms with Crippen molar-refractivity contribution in [2.24, 2.45) is 11.5 Å². The largest absolute Gasteiger partial charge is 0.480 e. The lowest BCUT2D eigenvalue weighted by atomic mass is 10.1. The molecule has 55 heavy (non-hydrogen) atoms. The van der Waals surface area contributed by atoms with E-state index in [2.05, 4.69) is 69.8 Å². The molecule has 0 saturated heterocycles. The highest BCUT2D eigenvalue weighted by Crippen LogP contribution is 2.06. The quantitative estimate of drug-likeness (QED) is 0.0328. The molecule has 0 aromatic rings. The number of aliphatic carboxylic acids is 4. The fourth-order valence-corrected chi connectivity index (χ4v) is 4.99. The van der Waals surface area contributed by atoms with Crippen LogP contribution in [0.5, 0.6) is 0 Å². The molecule has 0 spiro atoms. The number of amides is 7. The van der Waals surface area contributed by atoms with Crippen molar-refractivity contribution in [1.29, 1.82) is 0 Å². The number of carboxylic acid groups (broad SMARTS) is 4. The number of thiol groups is 3. The fraction of sp³-hybridized carbons (Fsp3) is 0.621. The molecule has 7 amide bonds. The van der Waals surface area contributed by atoms with Gasteiger partial charge in [0.1, 0.15) is 42.3 Å². The van der Waals surface area contributed by atoms with Crippen molar-refractivity contribution in [3.05, 3.63) is 0 Å². The smallest absolute Gasteiger partial charge is 0.326 e. The molecule has 0 aliphatic rings. The highest BCUT2D eigenvalue weighted by atomic mass is 32.1. The van der Waals surface area contributed by atoms with E-state index in [9.17, 15) is 68.1 Å². The summed E-state index contributed by atoms with van der Waals surface area (Å²) >= 11 is 11.9. The summed E-state index contributed by atoms with van der Waals surface area (Å²) in [4.78, 5) is 132. The molecule has 0 fully saturated rings. The molecule has 7 atom stereocenters. The van der Waals surface area contributed by atoms with Crippen molar-refractivity contribution in [1.82, 2.24) is 31.9 Å². The van der Waals surface area contributed by atoms with E-state index in [1.807, 2.05) is 0 Å². The molecule has 0 rings (SSSR count). The van der Waals surface area contributed by atoms with Gasteiger partial charge in [0.2, 0.25) is 41.4 Å². The highest BCUT2D eigenvalue weighted by Gasteiger charge is 2.30. The van der Waals surface area contributed by atoms with E-state index < -0.39 is 133 Å². The average Bonchev–Trinajstić information content (AvgIpc) is 3.11. The molecule has 0 unspecified atom stereocenters. The molecular formula is C29H46N8O15S3. The number of nitrogens with two attached hydrogens (primary N) is 2. The molecule has 26 heteroatoms. The van der Waals surface area contributed by atoms with Gasteiger partial charge in [0.15, 0.2) is 0 Å². The van der Waals surface area contributed by atoms with Crippen LogP contribution in [0.4, 0.5) is 0 Å². The van der Waals surface area contributed by atoms with Gasteiger partial charge in [-0.3, -0.25) is 38.4 Å². The lowest BCUT2D eigenvalue weighted by Gasteiger charge is -2.22. The van der Waals surface area contributed by atoms with Crippen LogP contribution in [0.3, 0.4) is 0 Å². The fourth-order valence-electron chi connectivity index (χ4n) is 4.22. The van der Waals surface area contributed by atoms with Gasteiger partial charge in [-0.25, -0.2) is 14.4 Å². The van der Waals surface area contributed by atoms with E-state index in [0.717, 1.165) is 0 Å². The van der Waals surface area contributed by atoms with Crippen LogP contribution < -0.4 is 43.4 Å². The first-order chi connectivity index (χ1) is 25.7. The zero-order valence-corrected chi connectivity index (χ0v) is 31.8. The summed E-state index contributed by atoms with van der Waals surface area (Å²) in [5, 5.41) is 50.5. The van der Waals surface area contributed by atoms with Gasteiger partial charge in [-0.15, -0.1) is 0 Å². The molecule has 14 N–H and O–H groups in total. The number of rotatable bonds is 28. The summed E-state index contributed by atoms with van der Waals surface area (Å²) in [6.07, 6.45) is -3.41. The zero-order chi connectivity index (χ0) is 42.4. The standard InChI is InChI=1S/C29H46N8O15S3/c30-12(26(45)46)1-6-20(39)32-16(9-53)24(43)36-14(28(49)50)3-8-22(41)34-18(11-55)25(44)37-15(29(51)52)4-7-21(40)33-17(10-54)23(42)35-13(27(47)48)2-5-19(31)38/h12-18,53-55H,1-11,30H2,(H2,31,38)(H,32,39)(H,33,40)(H,34,41)(H,35,42)(H,36,43)(H,37,44)(H,45,46)(H,47,48)(H,49,50)(H,51,52)/t12-,13-,14-,15-,16-,17-,18-/m0/s1. The van der Waals surface area contributed by atoms with Crippen LogP contribution >= 0.6 is 37.9 Å². The first-order valence-corrected chi connectivity index (χ1v) is 18.1. The summed E-state index contributed by atoms with van der Waals surface area (Å²) in [7, 11) is 0. The Kier molecular flexibility index (Phi) is 23.8. The first kappa shape index (κ1) is 50.2. The van der Waals surface area contributed by atoms with Gasteiger partial charge in [-0.2, -0.15) is 37.9 Å². The van der Waals surface area contributed by atoms with Gasteiger partial charge in [0.25, 0.3) is 0 Å². The number of hydrogen-bond acceptors (Lipinski definition) is 15. The number of carboxylic acids is 4.